The first-order chi connectivity index (χ1) is 5.83. The highest BCUT2D eigenvalue weighted by atomic mass is 16.1. The van der Waals surface area contributed by atoms with Crippen molar-refractivity contribution in [2.24, 2.45) is 0 Å². The maximum absolute atomic E-state index is 11.2. The molecule has 0 aromatic carbocycles. The second-order valence-electron chi connectivity index (χ2n) is 3.36. The minimum Gasteiger partial charge on any atom is -0.352 e. The summed E-state index contributed by atoms with van der Waals surface area (Å²) >= 11 is 0. The molecule has 0 saturated carbocycles. The van der Waals surface area contributed by atoms with E-state index in [0.29, 0.717) is 12.5 Å². The van der Waals surface area contributed by atoms with Crippen molar-refractivity contribution in [3.8, 4) is 0 Å². The Morgan fingerprint density at radius 1 is 1.67 bits per heavy atom. The van der Waals surface area contributed by atoms with Gasteiger partial charge in [0.1, 0.15) is 0 Å². The molecule has 1 rings (SSSR count). The van der Waals surface area contributed by atoms with Gasteiger partial charge in [-0.1, -0.05) is 6.92 Å². The van der Waals surface area contributed by atoms with Crippen LogP contribution in [0.3, 0.4) is 0 Å². The van der Waals surface area contributed by atoms with E-state index in [9.17, 15) is 4.79 Å². The fourth-order valence-electron chi connectivity index (χ4n) is 1.50. The maximum Gasteiger partial charge on any atom is 0.220 e. The van der Waals surface area contributed by atoms with Gasteiger partial charge in [-0.25, -0.2) is 0 Å². The molecule has 1 atom stereocenters. The van der Waals surface area contributed by atoms with E-state index in [2.05, 4.69) is 10.6 Å². The predicted molar refractivity (Wildman–Crippen MR) is 48.9 cm³/mol. The highest BCUT2D eigenvalue weighted by Crippen LogP contribution is 2.01. The van der Waals surface area contributed by atoms with Crippen molar-refractivity contribution in [3.63, 3.8) is 0 Å². The van der Waals surface area contributed by atoms with Gasteiger partial charge >= 0.3 is 0 Å². The van der Waals surface area contributed by atoms with Gasteiger partial charge in [0.25, 0.3) is 0 Å². The second kappa shape index (κ2) is 5.14. The Bertz CT molecular complexity index is 141. The van der Waals surface area contributed by atoms with Crippen LogP contribution < -0.4 is 10.6 Å². The van der Waals surface area contributed by atoms with Crippen LogP contribution in [0.25, 0.3) is 0 Å². The summed E-state index contributed by atoms with van der Waals surface area (Å²) < 4.78 is 0. The van der Waals surface area contributed by atoms with Crippen LogP contribution in [0.15, 0.2) is 0 Å². The molecule has 0 aromatic rings. The van der Waals surface area contributed by atoms with Crippen LogP contribution in [0, 0.1) is 0 Å². The zero-order valence-electron chi connectivity index (χ0n) is 7.73. The Hall–Kier alpha value is -0.570. The molecule has 0 aromatic heterocycles. The van der Waals surface area contributed by atoms with Gasteiger partial charge in [-0.15, -0.1) is 0 Å². The lowest BCUT2D eigenvalue weighted by molar-refractivity contribution is -0.121. The van der Waals surface area contributed by atoms with Crippen LogP contribution in [0.5, 0.6) is 0 Å². The monoisotopic (exact) mass is 170 g/mol. The lowest BCUT2D eigenvalue weighted by Gasteiger charge is -2.23. The third-order valence-electron chi connectivity index (χ3n) is 2.14. The summed E-state index contributed by atoms with van der Waals surface area (Å²) in [5.41, 5.74) is 0. The number of hydrogen-bond donors (Lipinski definition) is 2. The quantitative estimate of drug-likeness (QED) is 0.653. The summed E-state index contributed by atoms with van der Waals surface area (Å²) in [6.45, 7) is 4.06. The number of piperidine rings is 1. The third kappa shape index (κ3) is 3.22. The smallest absolute Gasteiger partial charge is 0.220 e. The molecule has 0 bridgehead atoms. The van der Waals surface area contributed by atoms with Crippen molar-refractivity contribution in [1.29, 1.82) is 0 Å². The lowest BCUT2D eigenvalue weighted by Crippen LogP contribution is -2.45. The van der Waals surface area contributed by atoms with E-state index in [1.165, 1.54) is 6.42 Å². The summed E-state index contributed by atoms with van der Waals surface area (Å²) in [6.07, 6.45) is 3.90. The third-order valence-corrected chi connectivity index (χ3v) is 2.14. The van der Waals surface area contributed by atoms with E-state index in [1.807, 2.05) is 6.92 Å². The molecule has 1 amide bonds. The molecule has 0 unspecified atom stereocenters. The van der Waals surface area contributed by atoms with Gasteiger partial charge in [0, 0.05) is 19.0 Å². The van der Waals surface area contributed by atoms with Gasteiger partial charge in [-0.3, -0.25) is 4.79 Å². The molecule has 1 aliphatic heterocycles. The van der Waals surface area contributed by atoms with Crippen LogP contribution in [-0.2, 0) is 4.79 Å². The Balaban J connectivity index is 2.15. The molecule has 0 aliphatic carbocycles. The van der Waals surface area contributed by atoms with Crippen molar-refractivity contribution < 1.29 is 4.79 Å². The lowest BCUT2D eigenvalue weighted by atomic mass is 10.1. The molecule has 0 spiro atoms. The SMILES string of the molecule is CCCC(=O)N[C@H]1CCCNC1. The van der Waals surface area contributed by atoms with Gasteiger partial charge in [0.05, 0.1) is 0 Å². The normalized spacial score (nSPS) is 23.6. The summed E-state index contributed by atoms with van der Waals surface area (Å²) in [5.74, 6) is 0.200. The standard InChI is InChI=1S/C9H18N2O/c1-2-4-9(12)11-8-5-3-6-10-7-8/h8,10H,2-7H2,1H3,(H,11,12)/t8-/m0/s1. The highest BCUT2D eigenvalue weighted by Gasteiger charge is 2.13. The van der Waals surface area contributed by atoms with Gasteiger partial charge in [0.2, 0.25) is 5.91 Å². The predicted octanol–water partition coefficient (Wildman–Crippen LogP) is 0.655. The van der Waals surface area contributed by atoms with Crippen LogP contribution in [0.4, 0.5) is 0 Å². The number of rotatable bonds is 3. The van der Waals surface area contributed by atoms with Crippen LogP contribution in [-0.4, -0.2) is 25.0 Å². The minimum absolute atomic E-state index is 0.200. The van der Waals surface area contributed by atoms with E-state index in [0.717, 1.165) is 25.9 Å². The molecule has 12 heavy (non-hydrogen) atoms. The van der Waals surface area contributed by atoms with E-state index >= 15 is 0 Å². The van der Waals surface area contributed by atoms with Gasteiger partial charge < -0.3 is 10.6 Å². The molecule has 1 aliphatic rings. The van der Waals surface area contributed by atoms with Gasteiger partial charge in [-0.2, -0.15) is 0 Å². The molecule has 0 radical (unpaired) electrons. The largest absolute Gasteiger partial charge is 0.352 e. The molecule has 1 fully saturated rings. The van der Waals surface area contributed by atoms with Crippen molar-refractivity contribution in [3.05, 3.63) is 0 Å². The molecule has 3 heteroatoms. The molecule has 70 valence electrons. The topological polar surface area (TPSA) is 41.1 Å². The summed E-state index contributed by atoms with van der Waals surface area (Å²) in [4.78, 5) is 11.2. The molecule has 1 saturated heterocycles. The highest BCUT2D eigenvalue weighted by molar-refractivity contribution is 5.76. The zero-order chi connectivity index (χ0) is 8.81. The first-order valence-corrected chi connectivity index (χ1v) is 4.83. The molecule has 2 N–H and O–H groups in total. The van der Waals surface area contributed by atoms with E-state index in [-0.39, 0.29) is 5.91 Å². The van der Waals surface area contributed by atoms with E-state index in [4.69, 9.17) is 0 Å². The Morgan fingerprint density at radius 3 is 3.08 bits per heavy atom. The maximum atomic E-state index is 11.2. The van der Waals surface area contributed by atoms with Crippen molar-refractivity contribution in [1.82, 2.24) is 10.6 Å². The fraction of sp³-hybridized carbons (Fsp3) is 0.889. The van der Waals surface area contributed by atoms with E-state index in [1.54, 1.807) is 0 Å². The first-order valence-electron chi connectivity index (χ1n) is 4.83. The average Bonchev–Trinajstić information content (AvgIpc) is 2.06. The number of hydrogen-bond acceptors (Lipinski definition) is 2. The van der Waals surface area contributed by atoms with E-state index < -0.39 is 0 Å². The van der Waals surface area contributed by atoms with Crippen LogP contribution in [0.1, 0.15) is 32.6 Å². The zero-order valence-corrected chi connectivity index (χ0v) is 7.73. The number of nitrogens with one attached hydrogen (secondary N) is 2. The number of carbonyl (C=O) groups excluding carboxylic acids is 1. The Kier molecular flexibility index (Phi) is 4.08. The van der Waals surface area contributed by atoms with Crippen molar-refractivity contribution >= 4 is 5.91 Å². The second-order valence-corrected chi connectivity index (χ2v) is 3.36. The Morgan fingerprint density at radius 2 is 2.50 bits per heavy atom. The molecular formula is C9H18N2O. The summed E-state index contributed by atoms with van der Waals surface area (Å²) in [5, 5.41) is 6.29. The van der Waals surface area contributed by atoms with Crippen molar-refractivity contribution in [2.45, 2.75) is 38.6 Å². The molecular weight excluding hydrogens is 152 g/mol. The summed E-state index contributed by atoms with van der Waals surface area (Å²) in [6, 6.07) is 0.373. The number of amides is 1. The van der Waals surface area contributed by atoms with Crippen molar-refractivity contribution in [2.75, 3.05) is 13.1 Å². The average molecular weight is 170 g/mol. The minimum atomic E-state index is 0.200. The fourth-order valence-corrected chi connectivity index (χ4v) is 1.50. The Labute approximate surface area is 73.9 Å². The number of carbonyl (C=O) groups is 1. The van der Waals surface area contributed by atoms with Crippen LogP contribution in [0.2, 0.25) is 0 Å². The van der Waals surface area contributed by atoms with Crippen LogP contribution >= 0.6 is 0 Å². The molecule has 1 heterocycles. The first kappa shape index (κ1) is 9.52. The van der Waals surface area contributed by atoms with Gasteiger partial charge in [0.15, 0.2) is 0 Å². The van der Waals surface area contributed by atoms with Gasteiger partial charge in [-0.05, 0) is 25.8 Å². The molecule has 3 nitrogen and oxygen atoms in total. The summed E-state index contributed by atoms with van der Waals surface area (Å²) in [7, 11) is 0.